The molecular formula is C13H25NO. The van der Waals surface area contributed by atoms with Crippen molar-refractivity contribution in [3.63, 3.8) is 0 Å². The maximum atomic E-state index is 5.31. The van der Waals surface area contributed by atoms with Crippen molar-refractivity contribution in [3.05, 3.63) is 11.1 Å². The maximum absolute atomic E-state index is 5.31. The molecule has 0 amide bonds. The van der Waals surface area contributed by atoms with Crippen LogP contribution in [0.5, 0.6) is 0 Å². The molecule has 2 nitrogen and oxygen atoms in total. The average Bonchev–Trinajstić information content (AvgIpc) is 2.17. The Kier molecular flexibility index (Phi) is 4.81. The maximum Gasteiger partial charge on any atom is 0.0688 e. The highest BCUT2D eigenvalue weighted by molar-refractivity contribution is 5.21. The number of nitrogens with zero attached hydrogens (tertiary/aromatic N) is 1. The van der Waals surface area contributed by atoms with Gasteiger partial charge in [0.1, 0.15) is 0 Å². The normalized spacial score (nSPS) is 19.4. The highest BCUT2D eigenvalue weighted by Gasteiger charge is 2.21. The van der Waals surface area contributed by atoms with E-state index >= 15 is 0 Å². The first kappa shape index (κ1) is 12.7. The van der Waals surface area contributed by atoms with E-state index in [0.29, 0.717) is 12.0 Å². The highest BCUT2D eigenvalue weighted by Crippen LogP contribution is 2.25. The lowest BCUT2D eigenvalue weighted by Crippen LogP contribution is -2.38. The summed E-state index contributed by atoms with van der Waals surface area (Å²) >= 11 is 0. The quantitative estimate of drug-likeness (QED) is 0.663. The second kappa shape index (κ2) is 5.66. The van der Waals surface area contributed by atoms with Crippen LogP contribution in [0, 0.1) is 5.92 Å². The standard InChI is InChI=1S/C13H25NO/c1-10(2)13-6-7-14(11(3)4)8-12(13)9-15-5/h10-11H,6-9H2,1-5H3. The van der Waals surface area contributed by atoms with Gasteiger partial charge in [0.15, 0.2) is 0 Å². The van der Waals surface area contributed by atoms with Crippen molar-refractivity contribution < 1.29 is 4.74 Å². The largest absolute Gasteiger partial charge is 0.380 e. The first-order chi connectivity index (χ1) is 7.06. The summed E-state index contributed by atoms with van der Waals surface area (Å²) in [5, 5.41) is 0. The lowest BCUT2D eigenvalue weighted by molar-refractivity contribution is 0.183. The molecular weight excluding hydrogens is 186 g/mol. The van der Waals surface area contributed by atoms with Crippen LogP contribution in [0.15, 0.2) is 11.1 Å². The Labute approximate surface area is 94.3 Å². The fourth-order valence-corrected chi connectivity index (χ4v) is 2.32. The minimum absolute atomic E-state index is 0.644. The molecule has 0 aromatic carbocycles. The number of methoxy groups -OCH3 is 1. The number of rotatable bonds is 4. The molecule has 0 radical (unpaired) electrons. The molecule has 1 aliphatic rings. The Balaban J connectivity index is 2.76. The highest BCUT2D eigenvalue weighted by atomic mass is 16.5. The van der Waals surface area contributed by atoms with Crippen LogP contribution in [0.4, 0.5) is 0 Å². The van der Waals surface area contributed by atoms with Gasteiger partial charge in [-0.25, -0.2) is 0 Å². The van der Waals surface area contributed by atoms with Crippen LogP contribution in [-0.2, 0) is 4.74 Å². The summed E-state index contributed by atoms with van der Waals surface area (Å²) in [4.78, 5) is 2.53. The molecule has 0 aliphatic carbocycles. The van der Waals surface area contributed by atoms with Crippen LogP contribution in [0.1, 0.15) is 34.1 Å². The summed E-state index contributed by atoms with van der Waals surface area (Å²) in [6.07, 6.45) is 1.22. The minimum Gasteiger partial charge on any atom is -0.380 e. The van der Waals surface area contributed by atoms with Gasteiger partial charge < -0.3 is 4.74 Å². The zero-order chi connectivity index (χ0) is 11.4. The topological polar surface area (TPSA) is 12.5 Å². The van der Waals surface area contributed by atoms with Gasteiger partial charge in [-0.05, 0) is 31.8 Å². The van der Waals surface area contributed by atoms with Gasteiger partial charge in [-0.1, -0.05) is 19.4 Å². The van der Waals surface area contributed by atoms with Gasteiger partial charge in [-0.15, -0.1) is 0 Å². The van der Waals surface area contributed by atoms with Crippen molar-refractivity contribution in [2.45, 2.75) is 40.2 Å². The molecule has 88 valence electrons. The van der Waals surface area contributed by atoms with Crippen LogP contribution >= 0.6 is 0 Å². The zero-order valence-electron chi connectivity index (χ0n) is 10.8. The van der Waals surface area contributed by atoms with Crippen LogP contribution in [0.3, 0.4) is 0 Å². The van der Waals surface area contributed by atoms with E-state index in [0.717, 1.165) is 13.2 Å². The summed E-state index contributed by atoms with van der Waals surface area (Å²) < 4.78 is 5.31. The first-order valence-electron chi connectivity index (χ1n) is 6.00. The van der Waals surface area contributed by atoms with E-state index in [2.05, 4.69) is 32.6 Å². The molecule has 0 saturated carbocycles. The van der Waals surface area contributed by atoms with Gasteiger partial charge in [-0.2, -0.15) is 0 Å². The Bertz CT molecular complexity index is 231. The monoisotopic (exact) mass is 211 g/mol. The van der Waals surface area contributed by atoms with E-state index < -0.39 is 0 Å². The predicted octanol–water partition coefficient (Wildman–Crippen LogP) is 2.70. The first-order valence-corrected chi connectivity index (χ1v) is 6.00. The second-order valence-electron chi connectivity index (χ2n) is 5.03. The van der Waals surface area contributed by atoms with E-state index in [1.807, 2.05) is 0 Å². The summed E-state index contributed by atoms with van der Waals surface area (Å²) in [5.74, 6) is 0.671. The Morgan fingerprint density at radius 3 is 2.40 bits per heavy atom. The third kappa shape index (κ3) is 3.32. The van der Waals surface area contributed by atoms with E-state index in [-0.39, 0.29) is 0 Å². The van der Waals surface area contributed by atoms with Crippen molar-refractivity contribution >= 4 is 0 Å². The molecule has 15 heavy (non-hydrogen) atoms. The summed E-state index contributed by atoms with van der Waals surface area (Å²) in [5.41, 5.74) is 3.13. The molecule has 0 fully saturated rings. The Morgan fingerprint density at radius 2 is 1.93 bits per heavy atom. The summed E-state index contributed by atoms with van der Waals surface area (Å²) in [6, 6.07) is 0.644. The lowest BCUT2D eigenvalue weighted by atomic mass is 9.91. The van der Waals surface area contributed by atoms with Gasteiger partial charge in [0, 0.05) is 26.2 Å². The average molecular weight is 211 g/mol. The third-order valence-corrected chi connectivity index (χ3v) is 3.26. The smallest absolute Gasteiger partial charge is 0.0688 e. The number of ether oxygens (including phenoxy) is 1. The van der Waals surface area contributed by atoms with E-state index in [1.54, 1.807) is 12.7 Å². The van der Waals surface area contributed by atoms with E-state index in [4.69, 9.17) is 4.74 Å². The van der Waals surface area contributed by atoms with Crippen molar-refractivity contribution in [3.8, 4) is 0 Å². The molecule has 0 saturated heterocycles. The third-order valence-electron chi connectivity index (χ3n) is 3.26. The molecule has 0 spiro atoms. The number of hydrogen-bond acceptors (Lipinski definition) is 2. The SMILES string of the molecule is COCC1=C(C(C)C)CCN(C(C)C)C1. The van der Waals surface area contributed by atoms with Crippen molar-refractivity contribution in [1.82, 2.24) is 4.90 Å². The fourth-order valence-electron chi connectivity index (χ4n) is 2.32. The van der Waals surface area contributed by atoms with Crippen molar-refractivity contribution in [2.24, 2.45) is 5.92 Å². The van der Waals surface area contributed by atoms with Gasteiger partial charge in [0.25, 0.3) is 0 Å². The van der Waals surface area contributed by atoms with E-state index in [1.165, 1.54) is 18.5 Å². The minimum atomic E-state index is 0.644. The van der Waals surface area contributed by atoms with Crippen LogP contribution in [-0.4, -0.2) is 37.7 Å². The molecule has 1 heterocycles. The summed E-state index contributed by atoms with van der Waals surface area (Å²) in [7, 11) is 1.79. The zero-order valence-corrected chi connectivity index (χ0v) is 10.8. The van der Waals surface area contributed by atoms with Crippen molar-refractivity contribution in [1.29, 1.82) is 0 Å². The molecule has 0 unspecified atom stereocenters. The lowest BCUT2D eigenvalue weighted by Gasteiger charge is -2.34. The summed E-state index contributed by atoms with van der Waals surface area (Å²) in [6.45, 7) is 12.2. The molecule has 0 atom stereocenters. The van der Waals surface area contributed by atoms with Gasteiger partial charge >= 0.3 is 0 Å². The van der Waals surface area contributed by atoms with Crippen molar-refractivity contribution in [2.75, 3.05) is 26.8 Å². The fraction of sp³-hybridized carbons (Fsp3) is 0.846. The van der Waals surface area contributed by atoms with E-state index in [9.17, 15) is 0 Å². The Morgan fingerprint density at radius 1 is 1.27 bits per heavy atom. The van der Waals surface area contributed by atoms with Crippen LogP contribution in [0.25, 0.3) is 0 Å². The Hall–Kier alpha value is -0.340. The molecule has 0 bridgehead atoms. The number of hydrogen-bond donors (Lipinski definition) is 0. The van der Waals surface area contributed by atoms with Gasteiger partial charge in [0.05, 0.1) is 6.61 Å². The van der Waals surface area contributed by atoms with Gasteiger partial charge in [0.2, 0.25) is 0 Å². The molecule has 0 aromatic heterocycles. The molecule has 1 aliphatic heterocycles. The van der Waals surface area contributed by atoms with Crippen LogP contribution < -0.4 is 0 Å². The van der Waals surface area contributed by atoms with Crippen LogP contribution in [0.2, 0.25) is 0 Å². The van der Waals surface area contributed by atoms with Gasteiger partial charge in [-0.3, -0.25) is 4.90 Å². The molecule has 1 rings (SSSR count). The molecule has 0 N–H and O–H groups in total. The predicted molar refractivity (Wildman–Crippen MR) is 65.1 cm³/mol. The molecule has 0 aromatic rings. The molecule has 2 heteroatoms. The second-order valence-corrected chi connectivity index (χ2v) is 5.03.